The summed E-state index contributed by atoms with van der Waals surface area (Å²) in [7, 11) is 0. The Kier molecular flexibility index (Phi) is 8.19. The third-order valence-electron chi connectivity index (χ3n) is 3.48. The van der Waals surface area contributed by atoms with Crippen LogP contribution in [0.5, 0.6) is 0 Å². The Morgan fingerprint density at radius 3 is 2.41 bits per heavy atom. The Morgan fingerprint density at radius 2 is 1.81 bits per heavy atom. The zero-order chi connectivity index (χ0) is 20.0. The first-order valence-corrected chi connectivity index (χ1v) is 10.2. The Morgan fingerprint density at radius 1 is 1.15 bits per heavy atom. The van der Waals surface area contributed by atoms with Gasteiger partial charge in [0, 0.05) is 10.2 Å². The number of thiocarbonyl (C=S) groups is 1. The summed E-state index contributed by atoms with van der Waals surface area (Å²) >= 11 is 26.6. The van der Waals surface area contributed by atoms with E-state index in [-0.39, 0.29) is 17.4 Å². The Balaban J connectivity index is 1.98. The summed E-state index contributed by atoms with van der Waals surface area (Å²) in [5, 5.41) is 8.68. The number of carbonyl (C=O) groups excluding carboxylic acids is 1. The summed E-state index contributed by atoms with van der Waals surface area (Å²) in [4.78, 5) is 12.3. The van der Waals surface area contributed by atoms with Crippen LogP contribution in [0.15, 0.2) is 53.0 Å². The molecule has 1 atom stereocenters. The van der Waals surface area contributed by atoms with Gasteiger partial charge in [-0.1, -0.05) is 86.6 Å². The van der Waals surface area contributed by atoms with Gasteiger partial charge in [-0.05, 0) is 42.9 Å². The van der Waals surface area contributed by atoms with Gasteiger partial charge in [0.15, 0.2) is 5.11 Å². The Bertz CT molecular complexity index is 812. The highest BCUT2D eigenvalue weighted by Crippen LogP contribution is 2.29. The van der Waals surface area contributed by atoms with E-state index in [9.17, 15) is 4.79 Å². The van der Waals surface area contributed by atoms with Crippen LogP contribution in [0.4, 0.5) is 5.69 Å². The second kappa shape index (κ2) is 9.94. The van der Waals surface area contributed by atoms with Crippen molar-refractivity contribution < 1.29 is 4.79 Å². The van der Waals surface area contributed by atoms with Crippen LogP contribution in [0.1, 0.15) is 11.1 Å². The van der Waals surface area contributed by atoms with Gasteiger partial charge in [0.05, 0.1) is 6.42 Å². The molecule has 3 N–H and O–H groups in total. The van der Waals surface area contributed by atoms with E-state index < -0.39 is 9.96 Å². The van der Waals surface area contributed by atoms with Crippen molar-refractivity contribution in [1.29, 1.82) is 0 Å². The van der Waals surface area contributed by atoms with Crippen molar-refractivity contribution in [3.63, 3.8) is 0 Å². The number of alkyl halides is 3. The SMILES string of the molecule is Cc1ccc(CC(=O)NC(NC(=S)Nc2cccc(Br)c2)C(Cl)(Cl)Cl)cc1. The molecule has 0 heterocycles. The Labute approximate surface area is 187 Å². The molecule has 0 aliphatic carbocycles. The average Bonchev–Trinajstić information content (AvgIpc) is 2.55. The number of hydrogen-bond acceptors (Lipinski definition) is 2. The van der Waals surface area contributed by atoms with Crippen molar-refractivity contribution in [1.82, 2.24) is 10.6 Å². The summed E-state index contributed by atoms with van der Waals surface area (Å²) in [6.45, 7) is 1.98. The van der Waals surface area contributed by atoms with Crippen molar-refractivity contribution in [2.45, 2.75) is 23.3 Å². The molecular weight excluding hydrogens is 493 g/mol. The summed E-state index contributed by atoms with van der Waals surface area (Å²) in [6, 6.07) is 15.0. The second-order valence-corrected chi connectivity index (χ2v) is 9.51. The molecule has 0 saturated carbocycles. The minimum absolute atomic E-state index is 0.158. The molecule has 9 heteroatoms. The highest BCUT2D eigenvalue weighted by Gasteiger charge is 2.34. The topological polar surface area (TPSA) is 53.2 Å². The van der Waals surface area contributed by atoms with Crippen molar-refractivity contribution in [3.8, 4) is 0 Å². The van der Waals surface area contributed by atoms with Gasteiger partial charge in [-0.25, -0.2) is 0 Å². The molecule has 0 radical (unpaired) electrons. The van der Waals surface area contributed by atoms with Crippen LogP contribution >= 0.6 is 63.0 Å². The molecular formula is C18H17BrCl3N3OS. The van der Waals surface area contributed by atoms with Gasteiger partial charge >= 0.3 is 0 Å². The van der Waals surface area contributed by atoms with Crippen LogP contribution in [0.25, 0.3) is 0 Å². The summed E-state index contributed by atoms with van der Waals surface area (Å²) in [6.07, 6.45) is -0.849. The minimum Gasteiger partial charge on any atom is -0.339 e. The fourth-order valence-electron chi connectivity index (χ4n) is 2.17. The number of anilines is 1. The number of benzene rings is 2. The first kappa shape index (κ1) is 22.2. The second-order valence-electron chi connectivity index (χ2n) is 5.81. The molecule has 2 aromatic rings. The zero-order valence-electron chi connectivity index (χ0n) is 14.2. The number of nitrogens with one attached hydrogen (secondary N) is 3. The van der Waals surface area contributed by atoms with Gasteiger partial charge in [-0.3, -0.25) is 4.79 Å². The number of aryl methyl sites for hydroxylation is 1. The largest absolute Gasteiger partial charge is 0.339 e. The summed E-state index contributed by atoms with van der Waals surface area (Å²) in [5.74, 6) is -0.298. The van der Waals surface area contributed by atoms with E-state index >= 15 is 0 Å². The maximum atomic E-state index is 12.3. The molecule has 2 aromatic carbocycles. The van der Waals surface area contributed by atoms with E-state index in [1.807, 2.05) is 55.5 Å². The quantitative estimate of drug-likeness (QED) is 0.298. The van der Waals surface area contributed by atoms with Crippen LogP contribution < -0.4 is 16.0 Å². The number of amides is 1. The lowest BCUT2D eigenvalue weighted by molar-refractivity contribution is -0.121. The van der Waals surface area contributed by atoms with Crippen molar-refractivity contribution >= 4 is 79.7 Å². The third-order valence-corrected chi connectivity index (χ3v) is 4.84. The van der Waals surface area contributed by atoms with Gasteiger partial charge in [0.25, 0.3) is 0 Å². The molecule has 0 saturated heterocycles. The lowest BCUT2D eigenvalue weighted by Crippen LogP contribution is -2.56. The molecule has 1 unspecified atom stereocenters. The molecule has 0 aromatic heterocycles. The van der Waals surface area contributed by atoms with Gasteiger partial charge in [-0.2, -0.15) is 0 Å². The van der Waals surface area contributed by atoms with Gasteiger partial charge in [0.2, 0.25) is 9.70 Å². The van der Waals surface area contributed by atoms with E-state index in [4.69, 9.17) is 47.0 Å². The smallest absolute Gasteiger partial charge is 0.228 e. The standard InChI is InChI=1S/C18H17BrCl3N3OS/c1-11-5-7-12(8-6-11)9-15(26)24-16(18(20,21)22)25-17(27)23-14-4-2-3-13(19)10-14/h2-8,10,16H,9H2,1H3,(H,24,26)(H2,23,25,27). The van der Waals surface area contributed by atoms with Crippen LogP contribution in [0.2, 0.25) is 0 Å². The molecule has 4 nitrogen and oxygen atoms in total. The fraction of sp³-hybridized carbons (Fsp3) is 0.222. The molecule has 0 aliphatic heterocycles. The minimum atomic E-state index is -1.80. The van der Waals surface area contributed by atoms with Crippen molar-refractivity contribution in [3.05, 3.63) is 64.1 Å². The molecule has 0 spiro atoms. The van der Waals surface area contributed by atoms with Gasteiger partial charge < -0.3 is 16.0 Å². The van der Waals surface area contributed by atoms with Gasteiger partial charge in [0.1, 0.15) is 6.17 Å². The Hall–Kier alpha value is -1.05. The number of halogens is 4. The lowest BCUT2D eigenvalue weighted by atomic mass is 10.1. The number of rotatable bonds is 5. The maximum Gasteiger partial charge on any atom is 0.228 e. The van der Waals surface area contributed by atoms with Crippen LogP contribution in [-0.2, 0) is 11.2 Å². The number of carbonyl (C=O) groups is 1. The zero-order valence-corrected chi connectivity index (χ0v) is 18.9. The van der Waals surface area contributed by atoms with Crippen LogP contribution in [0, 0.1) is 6.92 Å². The van der Waals surface area contributed by atoms with Crippen LogP contribution in [0.3, 0.4) is 0 Å². The summed E-state index contributed by atoms with van der Waals surface area (Å²) < 4.78 is -0.911. The maximum absolute atomic E-state index is 12.3. The molecule has 1 amide bonds. The predicted molar refractivity (Wildman–Crippen MR) is 121 cm³/mol. The van der Waals surface area contributed by atoms with Crippen molar-refractivity contribution in [2.75, 3.05) is 5.32 Å². The van der Waals surface area contributed by atoms with Gasteiger partial charge in [-0.15, -0.1) is 0 Å². The molecule has 2 rings (SSSR count). The van der Waals surface area contributed by atoms with E-state index in [1.165, 1.54) is 0 Å². The first-order valence-electron chi connectivity index (χ1n) is 7.88. The summed E-state index contributed by atoms with van der Waals surface area (Å²) in [5.41, 5.74) is 2.72. The van der Waals surface area contributed by atoms with E-state index in [0.29, 0.717) is 0 Å². The monoisotopic (exact) mass is 507 g/mol. The lowest BCUT2D eigenvalue weighted by Gasteiger charge is -2.27. The fourth-order valence-corrected chi connectivity index (χ4v) is 3.13. The normalized spacial score (nSPS) is 12.2. The first-order chi connectivity index (χ1) is 12.6. The van der Waals surface area contributed by atoms with E-state index in [0.717, 1.165) is 21.3 Å². The molecule has 144 valence electrons. The highest BCUT2D eigenvalue weighted by atomic mass is 79.9. The third kappa shape index (κ3) is 7.84. The molecule has 27 heavy (non-hydrogen) atoms. The predicted octanol–water partition coefficient (Wildman–Crippen LogP) is 5.10. The molecule has 0 fully saturated rings. The van der Waals surface area contributed by atoms with Crippen molar-refractivity contribution in [2.24, 2.45) is 0 Å². The number of hydrogen-bond donors (Lipinski definition) is 3. The van der Waals surface area contributed by atoms with E-state index in [2.05, 4.69) is 31.9 Å². The highest BCUT2D eigenvalue weighted by molar-refractivity contribution is 9.10. The molecule has 0 bridgehead atoms. The average molecular weight is 510 g/mol. The molecule has 0 aliphatic rings. The van der Waals surface area contributed by atoms with Crippen LogP contribution in [-0.4, -0.2) is 21.0 Å². The van der Waals surface area contributed by atoms with E-state index in [1.54, 1.807) is 0 Å².